The van der Waals surface area contributed by atoms with E-state index in [1.165, 1.54) is 23.2 Å². The van der Waals surface area contributed by atoms with E-state index in [9.17, 15) is 18.0 Å². The van der Waals surface area contributed by atoms with E-state index in [0.717, 1.165) is 5.56 Å². The highest BCUT2D eigenvalue weighted by Gasteiger charge is 2.27. The van der Waals surface area contributed by atoms with Crippen LogP contribution >= 0.6 is 0 Å². The first-order valence-corrected chi connectivity index (χ1v) is 9.93. The van der Waals surface area contributed by atoms with Crippen LogP contribution in [0.1, 0.15) is 15.9 Å². The normalized spacial score (nSPS) is 14.7. The van der Waals surface area contributed by atoms with Gasteiger partial charge in [0.1, 0.15) is 0 Å². The lowest BCUT2D eigenvalue weighted by Crippen LogP contribution is -2.53. The summed E-state index contributed by atoms with van der Waals surface area (Å²) in [5.41, 5.74) is 1.41. The molecule has 9 heteroatoms. The molecule has 1 aliphatic rings. The molecule has 1 N–H and O–H groups in total. The highest BCUT2D eigenvalue weighted by Crippen LogP contribution is 2.12. The summed E-state index contributed by atoms with van der Waals surface area (Å²) in [4.78, 5) is 31.7. The van der Waals surface area contributed by atoms with Crippen molar-refractivity contribution in [2.45, 2.75) is 11.8 Å². The fourth-order valence-corrected chi connectivity index (χ4v) is 3.71. The standard InChI is InChI=1S/C18H20N4O4S/c1-14-4-6-16(7-5-14)27(25,26)20-18(24)22-11-9-21(10-12-22)17(23)15-3-2-8-19-13-15/h2-8,13H,9-12H2,1H3,(H,20,24). The van der Waals surface area contributed by atoms with Crippen molar-refractivity contribution in [2.24, 2.45) is 0 Å². The van der Waals surface area contributed by atoms with E-state index in [1.54, 1.807) is 35.4 Å². The minimum atomic E-state index is -3.93. The lowest BCUT2D eigenvalue weighted by Gasteiger charge is -2.34. The molecule has 0 spiro atoms. The van der Waals surface area contributed by atoms with Gasteiger partial charge in [-0.15, -0.1) is 0 Å². The number of rotatable bonds is 3. The molecule has 0 saturated carbocycles. The van der Waals surface area contributed by atoms with E-state index < -0.39 is 16.1 Å². The fraction of sp³-hybridized carbons (Fsp3) is 0.278. The zero-order valence-electron chi connectivity index (χ0n) is 14.8. The van der Waals surface area contributed by atoms with Crippen LogP contribution in [0.2, 0.25) is 0 Å². The molecular formula is C18H20N4O4S. The summed E-state index contributed by atoms with van der Waals surface area (Å²) in [5, 5.41) is 0. The predicted molar refractivity (Wildman–Crippen MR) is 98.6 cm³/mol. The quantitative estimate of drug-likeness (QED) is 0.853. The first-order valence-electron chi connectivity index (χ1n) is 8.44. The summed E-state index contributed by atoms with van der Waals surface area (Å²) >= 11 is 0. The zero-order valence-corrected chi connectivity index (χ0v) is 15.6. The molecule has 3 rings (SSSR count). The fourth-order valence-electron chi connectivity index (χ4n) is 2.74. The Morgan fingerprint density at radius 1 is 1.00 bits per heavy atom. The summed E-state index contributed by atoms with van der Waals surface area (Å²) in [6.45, 7) is 3.00. The van der Waals surface area contributed by atoms with E-state index in [-0.39, 0.29) is 23.9 Å². The van der Waals surface area contributed by atoms with E-state index >= 15 is 0 Å². The third-order valence-corrected chi connectivity index (χ3v) is 5.65. The molecule has 8 nitrogen and oxygen atoms in total. The van der Waals surface area contributed by atoms with Gasteiger partial charge in [0.15, 0.2) is 0 Å². The number of hydrogen-bond donors (Lipinski definition) is 1. The number of nitrogens with zero attached hydrogens (tertiary/aromatic N) is 3. The smallest absolute Gasteiger partial charge is 0.331 e. The van der Waals surface area contributed by atoms with Gasteiger partial charge in [-0.05, 0) is 31.2 Å². The monoisotopic (exact) mass is 388 g/mol. The SMILES string of the molecule is Cc1ccc(S(=O)(=O)NC(=O)N2CCN(C(=O)c3cccnc3)CC2)cc1. The lowest BCUT2D eigenvalue weighted by atomic mass is 10.2. The van der Waals surface area contributed by atoms with Crippen molar-refractivity contribution in [3.8, 4) is 0 Å². The second-order valence-corrected chi connectivity index (χ2v) is 7.93. The molecule has 1 fully saturated rings. The Morgan fingerprint density at radius 3 is 2.22 bits per heavy atom. The molecule has 0 radical (unpaired) electrons. The molecule has 1 aliphatic heterocycles. The van der Waals surface area contributed by atoms with Gasteiger partial charge in [0.05, 0.1) is 10.5 Å². The highest BCUT2D eigenvalue weighted by atomic mass is 32.2. The first kappa shape index (κ1) is 18.8. The number of aromatic nitrogens is 1. The third-order valence-electron chi connectivity index (χ3n) is 4.32. The maximum absolute atomic E-state index is 12.4. The second-order valence-electron chi connectivity index (χ2n) is 6.24. The van der Waals surface area contributed by atoms with Crippen LogP contribution in [0.5, 0.6) is 0 Å². The number of pyridine rings is 1. The number of urea groups is 1. The van der Waals surface area contributed by atoms with E-state index in [4.69, 9.17) is 0 Å². The van der Waals surface area contributed by atoms with E-state index in [0.29, 0.717) is 18.7 Å². The predicted octanol–water partition coefficient (Wildman–Crippen LogP) is 1.25. The number of hydrogen-bond acceptors (Lipinski definition) is 5. The number of benzene rings is 1. The maximum Gasteiger partial charge on any atom is 0.331 e. The molecule has 0 unspecified atom stereocenters. The van der Waals surface area contributed by atoms with Gasteiger partial charge >= 0.3 is 6.03 Å². The molecule has 0 aliphatic carbocycles. The Balaban J connectivity index is 1.58. The van der Waals surface area contributed by atoms with Crippen LogP contribution in [0.4, 0.5) is 4.79 Å². The Hall–Kier alpha value is -2.94. The van der Waals surface area contributed by atoms with Crippen LogP contribution < -0.4 is 4.72 Å². The van der Waals surface area contributed by atoms with Crippen molar-refractivity contribution in [2.75, 3.05) is 26.2 Å². The molecule has 2 heterocycles. The summed E-state index contributed by atoms with van der Waals surface area (Å²) in [7, 11) is -3.93. The summed E-state index contributed by atoms with van der Waals surface area (Å²) < 4.78 is 26.7. The number of nitrogens with one attached hydrogen (secondary N) is 1. The molecule has 1 saturated heterocycles. The van der Waals surface area contributed by atoms with Crippen LogP contribution in [0.25, 0.3) is 0 Å². The lowest BCUT2D eigenvalue weighted by molar-refractivity contribution is 0.0667. The minimum Gasteiger partial charge on any atom is -0.335 e. The van der Waals surface area contributed by atoms with E-state index in [1.807, 2.05) is 6.92 Å². The van der Waals surface area contributed by atoms with E-state index in [2.05, 4.69) is 9.71 Å². The zero-order chi connectivity index (χ0) is 19.4. The van der Waals surface area contributed by atoms with Crippen molar-refractivity contribution < 1.29 is 18.0 Å². The Morgan fingerprint density at radius 2 is 1.63 bits per heavy atom. The number of aryl methyl sites for hydroxylation is 1. The molecule has 3 amide bonds. The van der Waals surface area contributed by atoms with Gasteiger partial charge in [-0.25, -0.2) is 17.9 Å². The number of sulfonamides is 1. The number of piperazine rings is 1. The molecule has 0 bridgehead atoms. The van der Waals surface area contributed by atoms with Crippen LogP contribution in [0, 0.1) is 6.92 Å². The molecule has 0 atom stereocenters. The van der Waals surface area contributed by atoms with Crippen LogP contribution in [0.15, 0.2) is 53.7 Å². The molecule has 27 heavy (non-hydrogen) atoms. The summed E-state index contributed by atoms with van der Waals surface area (Å²) in [5.74, 6) is -0.157. The van der Waals surface area contributed by atoms with Gasteiger partial charge < -0.3 is 9.80 Å². The van der Waals surface area contributed by atoms with Crippen molar-refractivity contribution in [1.29, 1.82) is 0 Å². The molecule has 1 aromatic carbocycles. The van der Waals surface area contributed by atoms with Crippen molar-refractivity contribution >= 4 is 22.0 Å². The van der Waals surface area contributed by atoms with Gasteiger partial charge in [-0.2, -0.15) is 0 Å². The van der Waals surface area contributed by atoms with Crippen molar-refractivity contribution in [3.63, 3.8) is 0 Å². The van der Waals surface area contributed by atoms with Gasteiger partial charge in [0.25, 0.3) is 15.9 Å². The largest absolute Gasteiger partial charge is 0.335 e. The highest BCUT2D eigenvalue weighted by molar-refractivity contribution is 7.90. The summed E-state index contributed by atoms with van der Waals surface area (Å²) in [6, 6.07) is 8.92. The molecule has 2 aromatic rings. The maximum atomic E-state index is 12.4. The van der Waals surface area contributed by atoms with Crippen LogP contribution in [-0.4, -0.2) is 61.3 Å². The molecular weight excluding hydrogens is 368 g/mol. The van der Waals surface area contributed by atoms with Gasteiger partial charge in [-0.1, -0.05) is 17.7 Å². The van der Waals surface area contributed by atoms with Crippen molar-refractivity contribution in [1.82, 2.24) is 19.5 Å². The number of carbonyl (C=O) groups is 2. The molecule has 1 aromatic heterocycles. The topological polar surface area (TPSA) is 99.7 Å². The average molecular weight is 388 g/mol. The van der Waals surface area contributed by atoms with Gasteiger partial charge in [-0.3, -0.25) is 9.78 Å². The van der Waals surface area contributed by atoms with Crippen LogP contribution in [0.3, 0.4) is 0 Å². The van der Waals surface area contributed by atoms with Gasteiger partial charge in [0, 0.05) is 38.6 Å². The third kappa shape index (κ3) is 4.43. The van der Waals surface area contributed by atoms with Gasteiger partial charge in [0.2, 0.25) is 0 Å². The van der Waals surface area contributed by atoms with Crippen molar-refractivity contribution in [3.05, 3.63) is 59.9 Å². The number of carbonyl (C=O) groups excluding carboxylic acids is 2. The second kappa shape index (κ2) is 7.75. The number of amides is 3. The Kier molecular flexibility index (Phi) is 5.41. The Bertz CT molecular complexity index is 922. The molecule has 142 valence electrons. The first-order chi connectivity index (χ1) is 12.9. The van der Waals surface area contributed by atoms with Crippen LogP contribution in [-0.2, 0) is 10.0 Å². The summed E-state index contributed by atoms with van der Waals surface area (Å²) in [6.07, 6.45) is 3.09. The average Bonchev–Trinajstić information content (AvgIpc) is 2.68. The minimum absolute atomic E-state index is 0.0341. The Labute approximate surface area is 157 Å².